The van der Waals surface area contributed by atoms with Crippen LogP contribution in [0.15, 0.2) is 46.6 Å². The van der Waals surface area contributed by atoms with Crippen molar-refractivity contribution < 1.29 is 4.74 Å². The fourth-order valence-electron chi connectivity index (χ4n) is 1.71. The molecule has 0 aliphatic heterocycles. The van der Waals surface area contributed by atoms with E-state index in [-0.39, 0.29) is 25.0 Å². The monoisotopic (exact) mass is 406 g/mol. The molecule has 2 rings (SSSR count). The lowest BCUT2D eigenvalue weighted by atomic mass is 10.2. The summed E-state index contributed by atoms with van der Waals surface area (Å²) in [5, 5.41) is 8.77. The maximum absolute atomic E-state index is 6.28. The molecule has 0 atom stereocenters. The third-order valence-corrected chi connectivity index (χ3v) is 3.76. The van der Waals surface area contributed by atoms with E-state index in [1.54, 1.807) is 36.4 Å². The van der Waals surface area contributed by atoms with E-state index in [9.17, 15) is 0 Å². The molecule has 0 amide bonds. The number of rotatable bonds is 5. The summed E-state index contributed by atoms with van der Waals surface area (Å²) < 4.78 is 5.70. The second-order valence-corrected chi connectivity index (χ2v) is 5.67. The molecule has 0 aliphatic rings. The SMILES string of the molecule is Cl.NC(N)=NN=Cc1cccc(OCc2cc(Cl)ccc2Cl)c1Cl. The van der Waals surface area contributed by atoms with E-state index in [0.717, 1.165) is 5.56 Å². The van der Waals surface area contributed by atoms with E-state index >= 15 is 0 Å². The second kappa shape index (κ2) is 9.59. The smallest absolute Gasteiger partial charge is 0.211 e. The molecule has 0 aliphatic carbocycles. The predicted octanol–water partition coefficient (Wildman–Crippen LogP) is 4.25. The zero-order valence-electron chi connectivity index (χ0n) is 12.2. The first-order valence-electron chi connectivity index (χ1n) is 6.44. The Bertz CT molecular complexity index is 761. The largest absolute Gasteiger partial charge is 0.487 e. The van der Waals surface area contributed by atoms with Crippen molar-refractivity contribution in [1.82, 2.24) is 0 Å². The van der Waals surface area contributed by atoms with Gasteiger partial charge in [-0.15, -0.1) is 17.5 Å². The minimum absolute atomic E-state index is 0. The van der Waals surface area contributed by atoms with Gasteiger partial charge >= 0.3 is 0 Å². The van der Waals surface area contributed by atoms with Crippen LogP contribution in [-0.4, -0.2) is 12.2 Å². The Kier molecular flexibility index (Phi) is 8.15. The second-order valence-electron chi connectivity index (χ2n) is 4.45. The number of hydrogen-bond donors (Lipinski definition) is 2. The molecule has 0 aromatic heterocycles. The lowest BCUT2D eigenvalue weighted by Crippen LogP contribution is -2.21. The lowest BCUT2D eigenvalue weighted by Gasteiger charge is -2.10. The molecule has 4 N–H and O–H groups in total. The van der Waals surface area contributed by atoms with E-state index in [4.69, 9.17) is 51.0 Å². The number of nitrogens with two attached hydrogens (primary N) is 2. The highest BCUT2D eigenvalue weighted by atomic mass is 35.5. The zero-order chi connectivity index (χ0) is 16.8. The van der Waals surface area contributed by atoms with E-state index < -0.39 is 0 Å². The number of hydrogen-bond acceptors (Lipinski definition) is 3. The number of benzene rings is 2. The first kappa shape index (κ1) is 20.4. The van der Waals surface area contributed by atoms with Crippen LogP contribution in [0.2, 0.25) is 15.1 Å². The van der Waals surface area contributed by atoms with Crippen molar-refractivity contribution in [2.45, 2.75) is 6.61 Å². The molecule has 9 heteroatoms. The van der Waals surface area contributed by atoms with Gasteiger partial charge in [0.25, 0.3) is 0 Å². The summed E-state index contributed by atoms with van der Waals surface area (Å²) in [6, 6.07) is 10.4. The van der Waals surface area contributed by atoms with Crippen molar-refractivity contribution in [3.05, 3.63) is 62.6 Å². The van der Waals surface area contributed by atoms with Crippen LogP contribution in [0.5, 0.6) is 5.75 Å². The van der Waals surface area contributed by atoms with Gasteiger partial charge in [0.2, 0.25) is 5.96 Å². The molecule has 0 fully saturated rings. The molecular formula is C15H14Cl4N4O. The summed E-state index contributed by atoms with van der Waals surface area (Å²) in [5.74, 6) is 0.344. The van der Waals surface area contributed by atoms with E-state index in [2.05, 4.69) is 10.2 Å². The lowest BCUT2D eigenvalue weighted by molar-refractivity contribution is 0.306. The molecule has 128 valence electrons. The van der Waals surface area contributed by atoms with Crippen LogP contribution in [-0.2, 0) is 6.61 Å². The Morgan fingerprint density at radius 2 is 1.88 bits per heavy atom. The average Bonchev–Trinajstić information content (AvgIpc) is 2.50. The van der Waals surface area contributed by atoms with Gasteiger partial charge in [-0.2, -0.15) is 5.10 Å². The third kappa shape index (κ3) is 5.76. The van der Waals surface area contributed by atoms with Crippen LogP contribution in [0.3, 0.4) is 0 Å². The Morgan fingerprint density at radius 3 is 2.58 bits per heavy atom. The van der Waals surface area contributed by atoms with Gasteiger partial charge in [0, 0.05) is 21.2 Å². The van der Waals surface area contributed by atoms with Crippen molar-refractivity contribution in [2.75, 3.05) is 0 Å². The summed E-state index contributed by atoms with van der Waals surface area (Å²) in [6.07, 6.45) is 1.43. The number of guanidine groups is 1. The zero-order valence-corrected chi connectivity index (χ0v) is 15.3. The van der Waals surface area contributed by atoms with Crippen LogP contribution in [0.25, 0.3) is 0 Å². The van der Waals surface area contributed by atoms with Crippen molar-refractivity contribution in [1.29, 1.82) is 0 Å². The fourth-order valence-corrected chi connectivity index (χ4v) is 2.30. The predicted molar refractivity (Wildman–Crippen MR) is 103 cm³/mol. The molecule has 0 heterocycles. The maximum Gasteiger partial charge on any atom is 0.211 e. The average molecular weight is 408 g/mol. The maximum atomic E-state index is 6.28. The van der Waals surface area contributed by atoms with E-state index in [1.807, 2.05) is 0 Å². The van der Waals surface area contributed by atoms with Crippen LogP contribution >= 0.6 is 47.2 Å². The molecule has 0 bridgehead atoms. The number of nitrogens with zero attached hydrogens (tertiary/aromatic N) is 2. The quantitative estimate of drug-likeness (QED) is 0.441. The first-order chi connectivity index (χ1) is 11.0. The van der Waals surface area contributed by atoms with Crippen molar-refractivity contribution in [3.8, 4) is 5.75 Å². The summed E-state index contributed by atoms with van der Waals surface area (Å²) >= 11 is 18.3. The molecule has 0 unspecified atom stereocenters. The molecular weight excluding hydrogens is 394 g/mol. The standard InChI is InChI=1S/C15H13Cl3N4O.ClH/c16-11-4-5-12(17)10(6-11)8-23-13-3-1-2-9(14(13)18)7-21-22-15(19)20;/h1-7H,8H2,(H4,19,20,22);1H. The molecule has 0 radical (unpaired) electrons. The summed E-state index contributed by atoms with van der Waals surface area (Å²) in [7, 11) is 0. The highest BCUT2D eigenvalue weighted by molar-refractivity contribution is 6.34. The Hall–Kier alpha value is -1.66. The molecule has 5 nitrogen and oxygen atoms in total. The molecule has 24 heavy (non-hydrogen) atoms. The molecule has 2 aromatic carbocycles. The number of halogens is 4. The molecule has 2 aromatic rings. The Morgan fingerprint density at radius 1 is 1.12 bits per heavy atom. The minimum atomic E-state index is -0.139. The van der Waals surface area contributed by atoms with E-state index in [0.29, 0.717) is 26.4 Å². The highest BCUT2D eigenvalue weighted by Gasteiger charge is 2.08. The van der Waals surface area contributed by atoms with Crippen LogP contribution in [0.4, 0.5) is 0 Å². The third-order valence-electron chi connectivity index (χ3n) is 2.75. The van der Waals surface area contributed by atoms with Gasteiger partial charge in [0.05, 0.1) is 11.2 Å². The van der Waals surface area contributed by atoms with E-state index in [1.165, 1.54) is 6.21 Å². The van der Waals surface area contributed by atoms with Crippen molar-refractivity contribution >= 4 is 59.4 Å². The van der Waals surface area contributed by atoms with Gasteiger partial charge in [-0.1, -0.05) is 46.9 Å². The summed E-state index contributed by atoms with van der Waals surface area (Å²) in [6.45, 7) is 0.230. The molecule has 0 saturated heterocycles. The van der Waals surface area contributed by atoms with Gasteiger partial charge < -0.3 is 16.2 Å². The Balaban J connectivity index is 0.00000288. The van der Waals surface area contributed by atoms with Crippen LogP contribution in [0.1, 0.15) is 11.1 Å². The molecule has 0 saturated carbocycles. The fraction of sp³-hybridized carbons (Fsp3) is 0.0667. The van der Waals surface area contributed by atoms with Crippen LogP contribution < -0.4 is 16.2 Å². The highest BCUT2D eigenvalue weighted by Crippen LogP contribution is 2.29. The number of ether oxygens (including phenoxy) is 1. The van der Waals surface area contributed by atoms with Gasteiger partial charge in [0.15, 0.2) is 0 Å². The Labute approximate surface area is 160 Å². The van der Waals surface area contributed by atoms with Gasteiger partial charge in [-0.25, -0.2) is 0 Å². The van der Waals surface area contributed by atoms with Crippen molar-refractivity contribution in [3.63, 3.8) is 0 Å². The normalized spacial score (nSPS) is 10.3. The first-order valence-corrected chi connectivity index (χ1v) is 7.58. The summed E-state index contributed by atoms with van der Waals surface area (Å²) in [5.41, 5.74) is 11.8. The molecule has 0 spiro atoms. The van der Waals surface area contributed by atoms with Crippen molar-refractivity contribution in [2.24, 2.45) is 21.7 Å². The van der Waals surface area contributed by atoms with Crippen LogP contribution in [0, 0.1) is 0 Å². The minimum Gasteiger partial charge on any atom is -0.487 e. The summed E-state index contributed by atoms with van der Waals surface area (Å²) in [4.78, 5) is 0. The topological polar surface area (TPSA) is 86.0 Å². The van der Waals surface area contributed by atoms with Gasteiger partial charge in [0.1, 0.15) is 12.4 Å². The van der Waals surface area contributed by atoms with Gasteiger partial charge in [-0.3, -0.25) is 0 Å². The van der Waals surface area contributed by atoms with Gasteiger partial charge in [-0.05, 0) is 24.3 Å².